The fourth-order valence-electron chi connectivity index (χ4n) is 3.00. The van der Waals surface area contributed by atoms with Crippen LogP contribution in [-0.2, 0) is 4.74 Å². The zero-order valence-electron chi connectivity index (χ0n) is 8.75. The maximum absolute atomic E-state index is 5.40. The van der Waals surface area contributed by atoms with Crippen LogP contribution in [0.5, 0.6) is 0 Å². The van der Waals surface area contributed by atoms with Gasteiger partial charge in [-0.3, -0.25) is 0 Å². The van der Waals surface area contributed by atoms with Gasteiger partial charge >= 0.3 is 0 Å². The first-order valence-corrected chi connectivity index (χ1v) is 5.61. The first-order chi connectivity index (χ1) is 6.27. The van der Waals surface area contributed by atoms with Crippen LogP contribution in [0.3, 0.4) is 0 Å². The molecule has 3 unspecified atom stereocenters. The van der Waals surface area contributed by atoms with E-state index < -0.39 is 0 Å². The molecular weight excluding hydrogens is 162 g/mol. The average molecular weight is 183 g/mol. The molecule has 2 aliphatic heterocycles. The molecule has 76 valence electrons. The first kappa shape index (κ1) is 9.47. The highest BCUT2D eigenvalue weighted by molar-refractivity contribution is 4.90. The van der Waals surface area contributed by atoms with Crippen molar-refractivity contribution < 1.29 is 4.74 Å². The Kier molecular flexibility index (Phi) is 2.89. The summed E-state index contributed by atoms with van der Waals surface area (Å²) < 4.78 is 5.40. The number of rotatable bonds is 1. The van der Waals surface area contributed by atoms with E-state index in [0.717, 1.165) is 37.1 Å². The predicted octanol–water partition coefficient (Wildman–Crippen LogP) is 1.80. The second-order valence-corrected chi connectivity index (χ2v) is 4.71. The summed E-state index contributed by atoms with van der Waals surface area (Å²) in [6.45, 7) is 6.62. The molecule has 13 heavy (non-hydrogen) atoms. The molecule has 3 atom stereocenters. The van der Waals surface area contributed by atoms with E-state index in [2.05, 4.69) is 19.2 Å². The fourth-order valence-corrected chi connectivity index (χ4v) is 3.00. The SMILES string of the molecule is CC1CC(C2CCOCC2)C(C)N1. The molecule has 2 rings (SSSR count). The summed E-state index contributed by atoms with van der Waals surface area (Å²) >= 11 is 0. The Morgan fingerprint density at radius 2 is 1.85 bits per heavy atom. The van der Waals surface area contributed by atoms with Gasteiger partial charge in [0.15, 0.2) is 0 Å². The second-order valence-electron chi connectivity index (χ2n) is 4.71. The minimum Gasteiger partial charge on any atom is -0.381 e. The Balaban J connectivity index is 1.91. The number of hydrogen-bond donors (Lipinski definition) is 1. The van der Waals surface area contributed by atoms with Crippen LogP contribution in [0.1, 0.15) is 33.1 Å². The third kappa shape index (κ3) is 2.05. The van der Waals surface area contributed by atoms with Gasteiger partial charge in [0.2, 0.25) is 0 Å². The Morgan fingerprint density at radius 1 is 1.15 bits per heavy atom. The molecule has 2 aliphatic rings. The Morgan fingerprint density at radius 3 is 2.38 bits per heavy atom. The second kappa shape index (κ2) is 3.97. The van der Waals surface area contributed by atoms with Gasteiger partial charge in [-0.1, -0.05) is 0 Å². The quantitative estimate of drug-likeness (QED) is 0.669. The van der Waals surface area contributed by atoms with Gasteiger partial charge in [-0.2, -0.15) is 0 Å². The molecule has 0 radical (unpaired) electrons. The van der Waals surface area contributed by atoms with E-state index in [9.17, 15) is 0 Å². The van der Waals surface area contributed by atoms with Gasteiger partial charge in [0.1, 0.15) is 0 Å². The van der Waals surface area contributed by atoms with Gasteiger partial charge in [-0.15, -0.1) is 0 Å². The van der Waals surface area contributed by atoms with E-state index in [1.54, 1.807) is 0 Å². The molecule has 2 saturated heterocycles. The van der Waals surface area contributed by atoms with Gasteiger partial charge in [-0.05, 0) is 44.9 Å². The van der Waals surface area contributed by atoms with E-state index in [1.807, 2.05) is 0 Å². The molecule has 0 aromatic carbocycles. The highest BCUT2D eigenvalue weighted by Gasteiger charge is 2.34. The lowest BCUT2D eigenvalue weighted by Gasteiger charge is -2.29. The predicted molar refractivity (Wildman–Crippen MR) is 53.7 cm³/mol. The molecule has 0 amide bonds. The molecule has 0 saturated carbocycles. The largest absolute Gasteiger partial charge is 0.381 e. The van der Waals surface area contributed by atoms with Crippen LogP contribution >= 0.6 is 0 Å². The third-order valence-electron chi connectivity index (χ3n) is 3.69. The summed E-state index contributed by atoms with van der Waals surface area (Å²) in [6.07, 6.45) is 3.93. The molecule has 2 nitrogen and oxygen atoms in total. The molecule has 2 heteroatoms. The van der Waals surface area contributed by atoms with Crippen LogP contribution in [0, 0.1) is 11.8 Å². The summed E-state index contributed by atoms with van der Waals surface area (Å²) in [5.41, 5.74) is 0. The monoisotopic (exact) mass is 183 g/mol. The molecule has 2 heterocycles. The summed E-state index contributed by atoms with van der Waals surface area (Å²) in [4.78, 5) is 0. The zero-order chi connectivity index (χ0) is 9.26. The van der Waals surface area contributed by atoms with Crippen molar-refractivity contribution in [1.82, 2.24) is 5.32 Å². The Bertz CT molecular complexity index is 165. The van der Waals surface area contributed by atoms with Crippen LogP contribution in [0.25, 0.3) is 0 Å². The van der Waals surface area contributed by atoms with Crippen molar-refractivity contribution in [2.75, 3.05) is 13.2 Å². The zero-order valence-corrected chi connectivity index (χ0v) is 8.75. The highest BCUT2D eigenvalue weighted by atomic mass is 16.5. The standard InChI is InChI=1S/C11H21NO/c1-8-7-11(9(2)12-8)10-3-5-13-6-4-10/h8-12H,3-7H2,1-2H3. The minimum absolute atomic E-state index is 0.720. The summed E-state index contributed by atoms with van der Waals surface area (Å²) in [6, 6.07) is 1.45. The summed E-state index contributed by atoms with van der Waals surface area (Å²) in [7, 11) is 0. The van der Waals surface area contributed by atoms with Crippen LogP contribution in [0.2, 0.25) is 0 Å². The van der Waals surface area contributed by atoms with Crippen molar-refractivity contribution in [2.45, 2.75) is 45.2 Å². The molecule has 0 aromatic rings. The van der Waals surface area contributed by atoms with Gasteiger partial charge in [0.25, 0.3) is 0 Å². The maximum atomic E-state index is 5.40. The number of ether oxygens (including phenoxy) is 1. The highest BCUT2D eigenvalue weighted by Crippen LogP contribution is 2.33. The normalized spacial score (nSPS) is 42.5. The molecule has 1 N–H and O–H groups in total. The first-order valence-electron chi connectivity index (χ1n) is 5.61. The van der Waals surface area contributed by atoms with E-state index in [4.69, 9.17) is 4.74 Å². The number of hydrogen-bond acceptors (Lipinski definition) is 2. The lowest BCUT2D eigenvalue weighted by Crippen LogP contribution is -2.32. The molecule has 0 aliphatic carbocycles. The number of nitrogens with one attached hydrogen (secondary N) is 1. The topological polar surface area (TPSA) is 21.3 Å². The van der Waals surface area contributed by atoms with E-state index in [1.165, 1.54) is 19.3 Å². The maximum Gasteiger partial charge on any atom is 0.0468 e. The molecular formula is C11H21NO. The van der Waals surface area contributed by atoms with Crippen molar-refractivity contribution in [3.8, 4) is 0 Å². The lowest BCUT2D eigenvalue weighted by atomic mass is 9.81. The van der Waals surface area contributed by atoms with Crippen molar-refractivity contribution in [2.24, 2.45) is 11.8 Å². The Hall–Kier alpha value is -0.0800. The molecule has 2 fully saturated rings. The molecule has 0 aromatic heterocycles. The average Bonchev–Trinajstić information content (AvgIpc) is 2.47. The van der Waals surface area contributed by atoms with E-state index >= 15 is 0 Å². The minimum atomic E-state index is 0.720. The van der Waals surface area contributed by atoms with E-state index in [-0.39, 0.29) is 0 Å². The van der Waals surface area contributed by atoms with Crippen molar-refractivity contribution >= 4 is 0 Å². The van der Waals surface area contributed by atoms with Crippen LogP contribution in [-0.4, -0.2) is 25.3 Å². The van der Waals surface area contributed by atoms with Crippen molar-refractivity contribution in [3.63, 3.8) is 0 Å². The van der Waals surface area contributed by atoms with Gasteiger partial charge in [-0.25, -0.2) is 0 Å². The Labute approximate surface area is 81.0 Å². The van der Waals surface area contributed by atoms with Crippen LogP contribution in [0.4, 0.5) is 0 Å². The molecule has 0 spiro atoms. The third-order valence-corrected chi connectivity index (χ3v) is 3.69. The van der Waals surface area contributed by atoms with E-state index in [0.29, 0.717) is 0 Å². The van der Waals surface area contributed by atoms with Gasteiger partial charge < -0.3 is 10.1 Å². The van der Waals surface area contributed by atoms with Gasteiger partial charge in [0, 0.05) is 25.3 Å². The smallest absolute Gasteiger partial charge is 0.0468 e. The van der Waals surface area contributed by atoms with Crippen molar-refractivity contribution in [1.29, 1.82) is 0 Å². The van der Waals surface area contributed by atoms with Crippen molar-refractivity contribution in [3.05, 3.63) is 0 Å². The summed E-state index contributed by atoms with van der Waals surface area (Å²) in [5, 5.41) is 3.62. The summed E-state index contributed by atoms with van der Waals surface area (Å²) in [5.74, 6) is 1.82. The van der Waals surface area contributed by atoms with Crippen LogP contribution < -0.4 is 5.32 Å². The fraction of sp³-hybridized carbons (Fsp3) is 1.00. The lowest BCUT2D eigenvalue weighted by molar-refractivity contribution is 0.0450. The van der Waals surface area contributed by atoms with Gasteiger partial charge in [0.05, 0.1) is 0 Å². The van der Waals surface area contributed by atoms with Crippen LogP contribution in [0.15, 0.2) is 0 Å². The molecule has 0 bridgehead atoms.